The highest BCUT2D eigenvalue weighted by Gasteiger charge is 2.19. The Morgan fingerprint density at radius 3 is 1.70 bits per heavy atom. The minimum Gasteiger partial charge on any atom is -0.310 e. The van der Waals surface area contributed by atoms with Crippen LogP contribution in [-0.2, 0) is 0 Å². The van der Waals surface area contributed by atoms with Crippen LogP contribution in [0.4, 0.5) is 5.69 Å². The van der Waals surface area contributed by atoms with E-state index < -0.39 is 0 Å². The van der Waals surface area contributed by atoms with Gasteiger partial charge in [0.1, 0.15) is 0 Å². The molecule has 0 aliphatic heterocycles. The van der Waals surface area contributed by atoms with Crippen molar-refractivity contribution in [2.45, 2.75) is 0 Å². The van der Waals surface area contributed by atoms with Crippen LogP contribution in [0.1, 0.15) is 11.1 Å². The van der Waals surface area contributed by atoms with Crippen LogP contribution in [0.15, 0.2) is 152 Å². The Bertz CT molecular complexity index is 2970. The molecule has 0 saturated heterocycles. The van der Waals surface area contributed by atoms with Gasteiger partial charge in [-0.15, -0.1) is 0 Å². The zero-order chi connectivity index (χ0) is 33.8. The van der Waals surface area contributed by atoms with Gasteiger partial charge in [-0.3, -0.25) is 0 Å². The molecule has 0 aliphatic carbocycles. The van der Waals surface area contributed by atoms with Gasteiger partial charge in [-0.2, -0.15) is 10.5 Å². The summed E-state index contributed by atoms with van der Waals surface area (Å²) >= 11 is 0. The molecule has 50 heavy (non-hydrogen) atoms. The van der Waals surface area contributed by atoms with E-state index in [1.807, 2.05) is 72.8 Å². The zero-order valence-corrected chi connectivity index (χ0v) is 26.7. The van der Waals surface area contributed by atoms with Crippen LogP contribution < -0.4 is 0 Å². The lowest BCUT2D eigenvalue weighted by Crippen LogP contribution is -1.98. The van der Waals surface area contributed by atoms with Gasteiger partial charge in [0.2, 0.25) is 0 Å². The van der Waals surface area contributed by atoms with Crippen molar-refractivity contribution in [3.63, 3.8) is 0 Å². The SMILES string of the molecule is [C-]#[N+]c1ccc(-c2ccccc2-c2cccc(-n3c4ccccc4c4cc(C#N)ccc43)c2)c(-n2c3ccccc3c3cc(C#N)ccc32)c1. The molecule has 5 heteroatoms. The van der Waals surface area contributed by atoms with E-state index in [9.17, 15) is 10.5 Å². The third-order valence-corrected chi connectivity index (χ3v) is 9.59. The van der Waals surface area contributed by atoms with E-state index in [4.69, 9.17) is 6.57 Å². The summed E-state index contributed by atoms with van der Waals surface area (Å²) in [6.07, 6.45) is 0. The first-order valence-corrected chi connectivity index (χ1v) is 16.3. The fraction of sp³-hybridized carbons (Fsp3) is 0. The molecule has 2 heterocycles. The second kappa shape index (κ2) is 11.4. The van der Waals surface area contributed by atoms with Crippen LogP contribution in [-0.4, -0.2) is 9.13 Å². The topological polar surface area (TPSA) is 61.8 Å². The molecule has 0 fully saturated rings. The van der Waals surface area contributed by atoms with Crippen molar-refractivity contribution in [3.05, 3.63) is 174 Å². The number of para-hydroxylation sites is 2. The van der Waals surface area contributed by atoms with Crippen molar-refractivity contribution in [1.82, 2.24) is 9.13 Å². The van der Waals surface area contributed by atoms with Gasteiger partial charge in [0.25, 0.3) is 0 Å². The highest BCUT2D eigenvalue weighted by atomic mass is 15.0. The molecular formula is C45H25N5. The number of rotatable bonds is 4. The maximum Gasteiger partial charge on any atom is 0.189 e. The smallest absolute Gasteiger partial charge is 0.189 e. The number of hydrogen-bond acceptors (Lipinski definition) is 2. The van der Waals surface area contributed by atoms with Crippen LogP contribution in [0.2, 0.25) is 0 Å². The van der Waals surface area contributed by atoms with Gasteiger partial charge >= 0.3 is 0 Å². The first-order chi connectivity index (χ1) is 24.7. The van der Waals surface area contributed by atoms with Crippen molar-refractivity contribution in [3.8, 4) is 45.8 Å². The number of benzene rings is 7. The Hall–Kier alpha value is -7.39. The Morgan fingerprint density at radius 1 is 0.460 bits per heavy atom. The molecule has 9 rings (SSSR count). The van der Waals surface area contributed by atoms with E-state index in [1.54, 1.807) is 0 Å². The molecule has 9 aromatic rings. The maximum atomic E-state index is 9.70. The lowest BCUT2D eigenvalue weighted by Gasteiger charge is -2.18. The van der Waals surface area contributed by atoms with Crippen molar-refractivity contribution >= 4 is 49.3 Å². The van der Waals surface area contributed by atoms with Crippen molar-refractivity contribution in [2.24, 2.45) is 0 Å². The van der Waals surface area contributed by atoms with Gasteiger partial charge in [0.15, 0.2) is 5.69 Å². The molecule has 0 bridgehead atoms. The summed E-state index contributed by atoms with van der Waals surface area (Å²) in [5.74, 6) is 0. The molecule has 0 aliphatic rings. The molecule has 0 amide bonds. The molecule has 0 atom stereocenters. The number of nitrogens with zero attached hydrogens (tertiary/aromatic N) is 5. The molecule has 2 aromatic heterocycles. The van der Waals surface area contributed by atoms with Crippen LogP contribution >= 0.6 is 0 Å². The summed E-state index contributed by atoms with van der Waals surface area (Å²) in [6.45, 7) is 7.89. The van der Waals surface area contributed by atoms with Gasteiger partial charge < -0.3 is 9.13 Å². The first kappa shape index (κ1) is 28.8. The van der Waals surface area contributed by atoms with Crippen LogP contribution in [0.5, 0.6) is 0 Å². The van der Waals surface area contributed by atoms with E-state index >= 15 is 0 Å². The van der Waals surface area contributed by atoms with E-state index in [2.05, 4.69) is 105 Å². The molecule has 0 saturated carbocycles. The Morgan fingerprint density at radius 2 is 1.04 bits per heavy atom. The van der Waals surface area contributed by atoms with Crippen molar-refractivity contribution in [2.75, 3.05) is 0 Å². The average Bonchev–Trinajstić information content (AvgIpc) is 3.69. The number of fused-ring (bicyclic) bond motifs is 6. The fourth-order valence-electron chi connectivity index (χ4n) is 7.41. The maximum absolute atomic E-state index is 9.70. The summed E-state index contributed by atoms with van der Waals surface area (Å²) in [7, 11) is 0. The van der Waals surface area contributed by atoms with Crippen molar-refractivity contribution in [1.29, 1.82) is 10.5 Å². The third kappa shape index (κ3) is 4.38. The minimum absolute atomic E-state index is 0.550. The monoisotopic (exact) mass is 635 g/mol. The molecule has 230 valence electrons. The van der Waals surface area contributed by atoms with Gasteiger partial charge in [-0.05, 0) is 83.4 Å². The predicted octanol–water partition coefficient (Wildman–Crippen LogP) is 11.5. The standard InChI is InChI=1S/C45H25N5/c1-48-32-19-20-38(45(26-32)50-42-16-7-5-14-37(42)40-24-30(28-47)18-22-44(40)50)35-12-3-2-11-34(35)31-9-8-10-33(25-31)49-41-15-6-4-13-36(41)39-23-29(27-46)17-21-43(39)49/h2-26H. The average molecular weight is 636 g/mol. The van der Waals surface area contributed by atoms with E-state index in [-0.39, 0.29) is 0 Å². The predicted molar refractivity (Wildman–Crippen MR) is 202 cm³/mol. The quantitative estimate of drug-likeness (QED) is 0.181. The Balaban J connectivity index is 1.28. The number of nitriles is 2. The lowest BCUT2D eigenvalue weighted by atomic mass is 9.93. The highest BCUT2D eigenvalue weighted by Crippen LogP contribution is 2.42. The second-order valence-electron chi connectivity index (χ2n) is 12.3. The van der Waals surface area contributed by atoms with E-state index in [1.165, 1.54) is 0 Å². The molecule has 0 N–H and O–H groups in total. The second-order valence-corrected chi connectivity index (χ2v) is 12.3. The normalized spacial score (nSPS) is 11.1. The molecular weight excluding hydrogens is 611 g/mol. The zero-order valence-electron chi connectivity index (χ0n) is 26.7. The van der Waals surface area contributed by atoms with Crippen LogP contribution in [0.25, 0.3) is 82.1 Å². The first-order valence-electron chi connectivity index (χ1n) is 16.3. The number of hydrogen-bond donors (Lipinski definition) is 0. The summed E-state index contributed by atoms with van der Waals surface area (Å²) < 4.78 is 4.48. The van der Waals surface area contributed by atoms with E-state index in [0.717, 1.165) is 77.2 Å². The minimum atomic E-state index is 0.550. The Labute approximate surface area is 288 Å². The summed E-state index contributed by atoms with van der Waals surface area (Å²) in [6, 6.07) is 55.7. The fourth-order valence-corrected chi connectivity index (χ4v) is 7.41. The summed E-state index contributed by atoms with van der Waals surface area (Å²) in [5.41, 5.74) is 11.9. The summed E-state index contributed by atoms with van der Waals surface area (Å²) in [4.78, 5) is 3.82. The largest absolute Gasteiger partial charge is 0.310 e. The van der Waals surface area contributed by atoms with Gasteiger partial charge in [-0.25, -0.2) is 4.85 Å². The van der Waals surface area contributed by atoms with Gasteiger partial charge in [-0.1, -0.05) is 84.9 Å². The summed E-state index contributed by atoms with van der Waals surface area (Å²) in [5, 5.41) is 23.5. The van der Waals surface area contributed by atoms with Gasteiger partial charge in [0.05, 0.1) is 51.9 Å². The molecule has 5 nitrogen and oxygen atoms in total. The molecule has 7 aromatic carbocycles. The van der Waals surface area contributed by atoms with Crippen LogP contribution in [0, 0.1) is 29.2 Å². The Kier molecular flexibility index (Phi) is 6.56. The lowest BCUT2D eigenvalue weighted by molar-refractivity contribution is 1.18. The van der Waals surface area contributed by atoms with Crippen molar-refractivity contribution < 1.29 is 0 Å². The third-order valence-electron chi connectivity index (χ3n) is 9.59. The van der Waals surface area contributed by atoms with Gasteiger partial charge in [0, 0.05) is 38.5 Å². The van der Waals surface area contributed by atoms with Crippen LogP contribution in [0.3, 0.4) is 0 Å². The highest BCUT2D eigenvalue weighted by molar-refractivity contribution is 6.11. The molecule has 0 unspecified atom stereocenters. The van der Waals surface area contributed by atoms with E-state index in [0.29, 0.717) is 16.8 Å². The molecule has 0 spiro atoms. The molecule has 0 radical (unpaired) electrons. The number of aromatic nitrogens is 2.